The van der Waals surface area contributed by atoms with Crippen LogP contribution in [0.15, 0.2) is 18.2 Å². The van der Waals surface area contributed by atoms with Gasteiger partial charge in [-0.15, -0.1) is 0 Å². The van der Waals surface area contributed by atoms with Crippen LogP contribution in [0.2, 0.25) is 29.7 Å². The topological polar surface area (TPSA) is 9.23 Å². The molecule has 0 bridgehead atoms. The Kier molecular flexibility index (Phi) is 3.27. The molecule has 0 aromatic heterocycles. The maximum atomic E-state index is 5.96. The molecule has 1 nitrogen and oxygen atoms in total. The molecule has 1 aromatic rings. The highest BCUT2D eigenvalue weighted by molar-refractivity contribution is 6.70. The monoisotopic (exact) mass is 234 g/mol. The minimum absolute atomic E-state index is 0.506. The number of hydrogen-bond donors (Lipinski definition) is 0. The largest absolute Gasteiger partial charge is 0.543 e. The van der Waals surface area contributed by atoms with Gasteiger partial charge in [-0.05, 0) is 31.8 Å². The van der Waals surface area contributed by atoms with E-state index in [-0.39, 0.29) is 0 Å². The fourth-order valence-electron chi connectivity index (χ4n) is 0.893. The number of hydrogen-bond acceptors (Lipinski definition) is 1. The first kappa shape index (κ1) is 10.9. The standard InChI is InChI=1S/C9H12Cl2OSi/c1-13(2,3)12-8-6-4-5-7(10)9(8)11/h4-6H,1-3H3. The lowest BCUT2D eigenvalue weighted by molar-refractivity contribution is 0.558. The summed E-state index contributed by atoms with van der Waals surface area (Å²) in [6.45, 7) is 6.30. The summed E-state index contributed by atoms with van der Waals surface area (Å²) >= 11 is 11.8. The number of benzene rings is 1. The molecule has 0 fully saturated rings. The molecule has 0 unspecified atom stereocenters. The third-order valence-corrected chi connectivity index (χ3v) is 2.97. The van der Waals surface area contributed by atoms with Gasteiger partial charge in [0.15, 0.2) is 0 Å². The van der Waals surface area contributed by atoms with E-state index >= 15 is 0 Å². The van der Waals surface area contributed by atoms with E-state index in [1.54, 1.807) is 6.07 Å². The number of rotatable bonds is 2. The summed E-state index contributed by atoms with van der Waals surface area (Å²) in [4.78, 5) is 0. The normalized spacial score (nSPS) is 11.5. The minimum Gasteiger partial charge on any atom is -0.543 e. The molecule has 72 valence electrons. The van der Waals surface area contributed by atoms with Crippen molar-refractivity contribution in [1.82, 2.24) is 0 Å². The van der Waals surface area contributed by atoms with E-state index in [0.29, 0.717) is 15.8 Å². The van der Waals surface area contributed by atoms with Gasteiger partial charge in [0.1, 0.15) is 5.75 Å². The molecule has 1 aromatic carbocycles. The van der Waals surface area contributed by atoms with Crippen LogP contribution in [-0.2, 0) is 0 Å². The molecule has 0 saturated heterocycles. The van der Waals surface area contributed by atoms with Gasteiger partial charge in [0, 0.05) is 0 Å². The Bertz CT molecular complexity index is 307. The van der Waals surface area contributed by atoms with E-state index < -0.39 is 8.32 Å². The highest BCUT2D eigenvalue weighted by Crippen LogP contribution is 2.32. The van der Waals surface area contributed by atoms with Crippen molar-refractivity contribution < 1.29 is 4.43 Å². The SMILES string of the molecule is C[Si](C)(C)Oc1cccc(Cl)c1Cl. The van der Waals surface area contributed by atoms with Crippen LogP contribution in [0.25, 0.3) is 0 Å². The Labute approximate surface area is 89.8 Å². The predicted molar refractivity (Wildman–Crippen MR) is 60.4 cm³/mol. The van der Waals surface area contributed by atoms with Crippen molar-refractivity contribution in [3.8, 4) is 5.75 Å². The van der Waals surface area contributed by atoms with Crippen molar-refractivity contribution in [2.45, 2.75) is 19.6 Å². The van der Waals surface area contributed by atoms with Crippen molar-refractivity contribution >= 4 is 31.5 Å². The smallest absolute Gasteiger partial charge is 0.242 e. The van der Waals surface area contributed by atoms with E-state index in [1.165, 1.54) is 0 Å². The maximum absolute atomic E-state index is 5.96. The van der Waals surface area contributed by atoms with E-state index in [1.807, 2.05) is 12.1 Å². The van der Waals surface area contributed by atoms with Crippen LogP contribution in [0.5, 0.6) is 5.75 Å². The van der Waals surface area contributed by atoms with Gasteiger partial charge in [0.05, 0.1) is 10.0 Å². The summed E-state index contributed by atoms with van der Waals surface area (Å²) in [5, 5.41) is 1.05. The van der Waals surface area contributed by atoms with Gasteiger partial charge < -0.3 is 4.43 Å². The molecular weight excluding hydrogens is 223 g/mol. The zero-order valence-electron chi connectivity index (χ0n) is 7.90. The zero-order chi connectivity index (χ0) is 10.1. The summed E-state index contributed by atoms with van der Waals surface area (Å²) in [5.74, 6) is 0.688. The Morgan fingerprint density at radius 3 is 2.31 bits per heavy atom. The first-order valence-electron chi connectivity index (χ1n) is 4.03. The van der Waals surface area contributed by atoms with Crippen molar-refractivity contribution in [3.63, 3.8) is 0 Å². The van der Waals surface area contributed by atoms with Crippen LogP contribution in [0.4, 0.5) is 0 Å². The lowest BCUT2D eigenvalue weighted by Gasteiger charge is -2.20. The Morgan fingerprint density at radius 2 is 1.77 bits per heavy atom. The van der Waals surface area contributed by atoms with Crippen molar-refractivity contribution in [2.24, 2.45) is 0 Å². The second-order valence-electron chi connectivity index (χ2n) is 3.77. The molecule has 0 heterocycles. The second kappa shape index (κ2) is 3.90. The first-order chi connectivity index (χ1) is 5.90. The molecule has 0 spiro atoms. The van der Waals surface area contributed by atoms with Crippen molar-refractivity contribution in [3.05, 3.63) is 28.2 Å². The van der Waals surface area contributed by atoms with Crippen LogP contribution in [0.1, 0.15) is 0 Å². The quantitative estimate of drug-likeness (QED) is 0.698. The molecule has 0 atom stereocenters. The van der Waals surface area contributed by atoms with Crippen LogP contribution < -0.4 is 4.43 Å². The van der Waals surface area contributed by atoms with Gasteiger partial charge in [-0.25, -0.2) is 0 Å². The molecule has 0 saturated carbocycles. The van der Waals surface area contributed by atoms with Crippen LogP contribution in [0, 0.1) is 0 Å². The van der Waals surface area contributed by atoms with E-state index in [2.05, 4.69) is 19.6 Å². The van der Waals surface area contributed by atoms with Gasteiger partial charge >= 0.3 is 0 Å². The fraction of sp³-hybridized carbons (Fsp3) is 0.333. The summed E-state index contributed by atoms with van der Waals surface area (Å²) < 4.78 is 5.74. The van der Waals surface area contributed by atoms with Gasteiger partial charge in [-0.3, -0.25) is 0 Å². The van der Waals surface area contributed by atoms with E-state index in [9.17, 15) is 0 Å². The molecule has 0 aliphatic carbocycles. The van der Waals surface area contributed by atoms with Gasteiger partial charge in [-0.1, -0.05) is 29.3 Å². The second-order valence-corrected chi connectivity index (χ2v) is 8.98. The lowest BCUT2D eigenvalue weighted by atomic mass is 10.3. The predicted octanol–water partition coefficient (Wildman–Crippen LogP) is 4.21. The van der Waals surface area contributed by atoms with Crippen LogP contribution >= 0.6 is 23.2 Å². The summed E-state index contributed by atoms with van der Waals surface area (Å²) in [6, 6.07) is 5.43. The first-order valence-corrected chi connectivity index (χ1v) is 8.19. The average Bonchev–Trinajstić information content (AvgIpc) is 1.96. The molecule has 0 N–H and O–H groups in total. The molecule has 13 heavy (non-hydrogen) atoms. The third kappa shape index (κ3) is 3.22. The zero-order valence-corrected chi connectivity index (χ0v) is 10.4. The molecule has 4 heteroatoms. The Hall–Kier alpha value is -0.183. The van der Waals surface area contributed by atoms with Crippen LogP contribution in [-0.4, -0.2) is 8.32 Å². The van der Waals surface area contributed by atoms with Crippen molar-refractivity contribution in [2.75, 3.05) is 0 Å². The van der Waals surface area contributed by atoms with Crippen LogP contribution in [0.3, 0.4) is 0 Å². The van der Waals surface area contributed by atoms with Gasteiger partial charge in [-0.2, -0.15) is 0 Å². The molecule has 0 amide bonds. The average molecular weight is 235 g/mol. The summed E-state index contributed by atoms with van der Waals surface area (Å²) in [6.07, 6.45) is 0. The molecule has 0 radical (unpaired) electrons. The van der Waals surface area contributed by atoms with E-state index in [0.717, 1.165) is 0 Å². The minimum atomic E-state index is -1.60. The fourth-order valence-corrected chi connectivity index (χ4v) is 2.12. The van der Waals surface area contributed by atoms with Gasteiger partial charge in [0.2, 0.25) is 8.32 Å². The third-order valence-electron chi connectivity index (χ3n) is 1.33. The lowest BCUT2D eigenvalue weighted by Crippen LogP contribution is -2.29. The van der Waals surface area contributed by atoms with Crippen molar-refractivity contribution in [1.29, 1.82) is 0 Å². The summed E-state index contributed by atoms with van der Waals surface area (Å²) in [7, 11) is -1.60. The summed E-state index contributed by atoms with van der Waals surface area (Å²) in [5.41, 5.74) is 0. The van der Waals surface area contributed by atoms with E-state index in [4.69, 9.17) is 27.6 Å². The highest BCUT2D eigenvalue weighted by Gasteiger charge is 2.18. The molecule has 1 rings (SSSR count). The molecule has 0 aliphatic heterocycles. The number of halogens is 2. The highest BCUT2D eigenvalue weighted by atomic mass is 35.5. The Morgan fingerprint density at radius 1 is 1.15 bits per heavy atom. The maximum Gasteiger partial charge on any atom is 0.242 e. The molecule has 0 aliphatic rings. The van der Waals surface area contributed by atoms with Gasteiger partial charge in [0.25, 0.3) is 0 Å². The molecular formula is C9H12Cl2OSi. The Balaban J connectivity index is 2.96.